The highest BCUT2D eigenvalue weighted by Crippen LogP contribution is 2.38. The lowest BCUT2D eigenvalue weighted by atomic mass is 10.1. The molecule has 0 saturated carbocycles. The highest BCUT2D eigenvalue weighted by atomic mass is 35.5. The van der Waals surface area contributed by atoms with Crippen molar-refractivity contribution in [3.8, 4) is 11.5 Å². The van der Waals surface area contributed by atoms with Gasteiger partial charge in [0, 0.05) is 25.0 Å². The smallest absolute Gasteiger partial charge is 0.228 e. The van der Waals surface area contributed by atoms with Gasteiger partial charge in [-0.2, -0.15) is 0 Å². The number of rotatable bonds is 5. The molecule has 0 spiro atoms. The van der Waals surface area contributed by atoms with Crippen LogP contribution >= 0.6 is 11.6 Å². The molecule has 1 amide bonds. The maximum atomic E-state index is 12.4. The molecule has 0 atom stereocenters. The predicted octanol–water partition coefficient (Wildman–Crippen LogP) is 3.75. The third-order valence-electron chi connectivity index (χ3n) is 4.07. The van der Waals surface area contributed by atoms with Gasteiger partial charge in [0.2, 0.25) is 5.91 Å². The molecular formula is C19H21ClN2O3. The summed E-state index contributed by atoms with van der Waals surface area (Å²) in [6.45, 7) is 3.94. The van der Waals surface area contributed by atoms with Crippen LogP contribution in [0.3, 0.4) is 0 Å². The number of anilines is 2. The number of hydrogen-bond donors (Lipinski definition) is 1. The van der Waals surface area contributed by atoms with Crippen molar-refractivity contribution in [2.24, 2.45) is 0 Å². The second kappa shape index (κ2) is 7.66. The van der Waals surface area contributed by atoms with Crippen molar-refractivity contribution < 1.29 is 14.3 Å². The van der Waals surface area contributed by atoms with Crippen molar-refractivity contribution in [3.63, 3.8) is 0 Å². The summed E-state index contributed by atoms with van der Waals surface area (Å²) >= 11 is 6.22. The molecule has 25 heavy (non-hydrogen) atoms. The molecule has 0 saturated heterocycles. The van der Waals surface area contributed by atoms with Crippen molar-refractivity contribution >= 4 is 28.9 Å². The lowest BCUT2D eigenvalue weighted by Gasteiger charge is -2.20. The number of nitrogens with zero attached hydrogens (tertiary/aromatic N) is 1. The SMILES string of the molecule is CCN(C)c1cccc(NC(=O)Cc2cc(Cl)c3c(c2)OCCO3)c1. The van der Waals surface area contributed by atoms with Crippen LogP contribution in [0.25, 0.3) is 0 Å². The van der Waals surface area contributed by atoms with Crippen LogP contribution in [-0.2, 0) is 11.2 Å². The number of benzene rings is 2. The quantitative estimate of drug-likeness (QED) is 0.882. The summed E-state index contributed by atoms with van der Waals surface area (Å²) < 4.78 is 11.0. The average Bonchev–Trinajstić information content (AvgIpc) is 2.61. The molecule has 0 aromatic heterocycles. The van der Waals surface area contributed by atoms with Gasteiger partial charge in [0.15, 0.2) is 11.5 Å². The van der Waals surface area contributed by atoms with Crippen LogP contribution in [0.1, 0.15) is 12.5 Å². The van der Waals surface area contributed by atoms with Gasteiger partial charge < -0.3 is 19.7 Å². The third-order valence-corrected chi connectivity index (χ3v) is 4.35. The van der Waals surface area contributed by atoms with Gasteiger partial charge in [0.05, 0.1) is 11.4 Å². The summed E-state index contributed by atoms with van der Waals surface area (Å²) in [6, 6.07) is 11.3. The zero-order valence-corrected chi connectivity index (χ0v) is 15.1. The largest absolute Gasteiger partial charge is 0.486 e. The van der Waals surface area contributed by atoms with Crippen LogP contribution in [0, 0.1) is 0 Å². The van der Waals surface area contributed by atoms with E-state index in [9.17, 15) is 4.79 Å². The van der Waals surface area contributed by atoms with E-state index in [0.717, 1.165) is 23.5 Å². The van der Waals surface area contributed by atoms with Gasteiger partial charge in [-0.25, -0.2) is 0 Å². The molecule has 3 rings (SSSR count). The lowest BCUT2D eigenvalue weighted by molar-refractivity contribution is -0.115. The summed E-state index contributed by atoms with van der Waals surface area (Å²) in [7, 11) is 2.01. The van der Waals surface area contributed by atoms with E-state index in [1.807, 2.05) is 31.3 Å². The Balaban J connectivity index is 1.70. The Labute approximate surface area is 152 Å². The molecule has 5 nitrogen and oxygen atoms in total. The minimum atomic E-state index is -0.107. The number of amides is 1. The average molecular weight is 361 g/mol. The van der Waals surface area contributed by atoms with Crippen LogP contribution in [0.5, 0.6) is 11.5 Å². The van der Waals surface area contributed by atoms with Crippen LogP contribution in [0.2, 0.25) is 5.02 Å². The molecule has 132 valence electrons. The van der Waals surface area contributed by atoms with Crippen LogP contribution < -0.4 is 19.7 Å². The molecule has 1 aliphatic heterocycles. The Bertz CT molecular complexity index is 779. The van der Waals surface area contributed by atoms with Gasteiger partial charge in [-0.3, -0.25) is 4.79 Å². The van der Waals surface area contributed by atoms with Gasteiger partial charge in [-0.15, -0.1) is 0 Å². The Morgan fingerprint density at radius 1 is 1.24 bits per heavy atom. The lowest BCUT2D eigenvalue weighted by Crippen LogP contribution is -2.18. The van der Waals surface area contributed by atoms with E-state index >= 15 is 0 Å². The molecule has 1 aliphatic rings. The fourth-order valence-corrected chi connectivity index (χ4v) is 2.95. The van der Waals surface area contributed by atoms with Crippen molar-refractivity contribution in [1.82, 2.24) is 0 Å². The van der Waals surface area contributed by atoms with Gasteiger partial charge in [-0.05, 0) is 42.8 Å². The van der Waals surface area contributed by atoms with Crippen LogP contribution in [-0.4, -0.2) is 32.7 Å². The zero-order chi connectivity index (χ0) is 17.8. The zero-order valence-electron chi connectivity index (χ0n) is 14.3. The Morgan fingerprint density at radius 3 is 2.84 bits per heavy atom. The fourth-order valence-electron chi connectivity index (χ4n) is 2.66. The first-order valence-corrected chi connectivity index (χ1v) is 8.63. The summed E-state index contributed by atoms with van der Waals surface area (Å²) in [5.74, 6) is 1.03. The minimum absolute atomic E-state index is 0.107. The highest BCUT2D eigenvalue weighted by molar-refractivity contribution is 6.32. The van der Waals surface area contributed by atoms with E-state index in [-0.39, 0.29) is 12.3 Å². The van der Waals surface area contributed by atoms with Gasteiger partial charge in [-0.1, -0.05) is 17.7 Å². The maximum absolute atomic E-state index is 12.4. The molecule has 2 aromatic carbocycles. The van der Waals surface area contributed by atoms with E-state index in [2.05, 4.69) is 17.1 Å². The normalized spacial score (nSPS) is 12.6. The first kappa shape index (κ1) is 17.4. The molecule has 0 fully saturated rings. The number of halogens is 1. The molecule has 0 radical (unpaired) electrons. The maximum Gasteiger partial charge on any atom is 0.228 e. The second-order valence-electron chi connectivity index (χ2n) is 5.89. The van der Waals surface area contributed by atoms with E-state index in [1.165, 1.54) is 0 Å². The summed E-state index contributed by atoms with van der Waals surface area (Å²) in [5, 5.41) is 3.39. The Hall–Kier alpha value is -2.40. The molecular weight excluding hydrogens is 340 g/mol. The highest BCUT2D eigenvalue weighted by Gasteiger charge is 2.17. The number of fused-ring (bicyclic) bond motifs is 1. The van der Waals surface area contributed by atoms with Gasteiger partial charge in [0.1, 0.15) is 13.2 Å². The second-order valence-corrected chi connectivity index (χ2v) is 6.30. The fraction of sp³-hybridized carbons (Fsp3) is 0.316. The third kappa shape index (κ3) is 4.17. The monoisotopic (exact) mass is 360 g/mol. The van der Waals surface area contributed by atoms with E-state index in [4.69, 9.17) is 21.1 Å². The predicted molar refractivity (Wildman–Crippen MR) is 100 cm³/mol. The summed E-state index contributed by atoms with van der Waals surface area (Å²) in [6.07, 6.45) is 0.213. The van der Waals surface area contributed by atoms with Crippen molar-refractivity contribution in [1.29, 1.82) is 0 Å². The summed E-state index contributed by atoms with van der Waals surface area (Å²) in [5.41, 5.74) is 2.61. The van der Waals surface area contributed by atoms with Crippen molar-refractivity contribution in [2.45, 2.75) is 13.3 Å². The first-order valence-electron chi connectivity index (χ1n) is 8.26. The van der Waals surface area contributed by atoms with Crippen molar-refractivity contribution in [3.05, 3.63) is 47.0 Å². The molecule has 0 unspecified atom stereocenters. The van der Waals surface area contributed by atoms with Crippen LogP contribution in [0.4, 0.5) is 11.4 Å². The minimum Gasteiger partial charge on any atom is -0.486 e. The summed E-state index contributed by atoms with van der Waals surface area (Å²) in [4.78, 5) is 14.5. The Kier molecular flexibility index (Phi) is 5.34. The van der Waals surface area contributed by atoms with Crippen LogP contribution in [0.15, 0.2) is 36.4 Å². The number of carbonyl (C=O) groups is 1. The number of hydrogen-bond acceptors (Lipinski definition) is 4. The van der Waals surface area contributed by atoms with E-state index in [0.29, 0.717) is 29.7 Å². The van der Waals surface area contributed by atoms with Gasteiger partial charge >= 0.3 is 0 Å². The van der Waals surface area contributed by atoms with Gasteiger partial charge in [0.25, 0.3) is 0 Å². The number of carbonyl (C=O) groups excluding carboxylic acids is 1. The van der Waals surface area contributed by atoms with E-state index < -0.39 is 0 Å². The Morgan fingerprint density at radius 2 is 2.04 bits per heavy atom. The molecule has 2 aromatic rings. The molecule has 0 aliphatic carbocycles. The van der Waals surface area contributed by atoms with E-state index in [1.54, 1.807) is 12.1 Å². The topological polar surface area (TPSA) is 50.8 Å². The molecule has 0 bridgehead atoms. The van der Waals surface area contributed by atoms with Crippen molar-refractivity contribution in [2.75, 3.05) is 37.0 Å². The standard InChI is InChI=1S/C19H21ClN2O3/c1-3-22(2)15-6-4-5-14(12-15)21-18(23)11-13-9-16(20)19-17(10-13)24-7-8-25-19/h4-6,9-10,12H,3,7-8,11H2,1-2H3,(H,21,23). The molecule has 6 heteroatoms. The number of ether oxygens (including phenoxy) is 2. The number of nitrogens with one attached hydrogen (secondary N) is 1. The first-order chi connectivity index (χ1) is 12.1. The molecule has 1 N–H and O–H groups in total. The molecule has 1 heterocycles.